The Labute approximate surface area is 97.7 Å². The van der Waals surface area contributed by atoms with Crippen LogP contribution in [0.25, 0.3) is 0 Å². The van der Waals surface area contributed by atoms with Crippen molar-refractivity contribution in [2.75, 3.05) is 5.06 Å². The van der Waals surface area contributed by atoms with Crippen LogP contribution in [0.5, 0.6) is 0 Å². The van der Waals surface area contributed by atoms with Crippen molar-refractivity contribution in [2.45, 2.75) is 6.18 Å². The number of ketones is 1. The van der Waals surface area contributed by atoms with Crippen LogP contribution in [0.1, 0.15) is 10.4 Å². The Balaban J connectivity index is 2.33. The normalized spacial score (nSPS) is 14.7. The van der Waals surface area contributed by atoms with E-state index in [1.165, 1.54) is 24.3 Å². The fourth-order valence-electron chi connectivity index (χ4n) is 1.38. The van der Waals surface area contributed by atoms with E-state index in [-0.39, 0.29) is 16.3 Å². The minimum Gasteiger partial charge on any atom is -0.324 e. The van der Waals surface area contributed by atoms with Gasteiger partial charge in [0.05, 0.1) is 11.3 Å². The average Bonchev–Trinajstić information content (AvgIpc) is 2.54. The highest BCUT2D eigenvalue weighted by molar-refractivity contribution is 6.51. The second-order valence-corrected chi connectivity index (χ2v) is 3.32. The van der Waals surface area contributed by atoms with E-state index in [4.69, 9.17) is 0 Å². The predicted molar refractivity (Wildman–Crippen MR) is 50.4 cm³/mol. The van der Waals surface area contributed by atoms with Crippen molar-refractivity contribution >= 4 is 23.3 Å². The van der Waals surface area contributed by atoms with Gasteiger partial charge in [0, 0.05) is 0 Å². The Morgan fingerprint density at radius 2 is 1.78 bits per heavy atom. The molecule has 0 unspecified atom stereocenters. The van der Waals surface area contributed by atoms with Gasteiger partial charge >= 0.3 is 18.1 Å². The quantitative estimate of drug-likeness (QED) is 0.712. The number of carbonyl (C=O) groups excluding carboxylic acids is 3. The highest BCUT2D eigenvalue weighted by Crippen LogP contribution is 2.30. The molecule has 2 rings (SSSR count). The third-order valence-electron chi connectivity index (χ3n) is 2.15. The van der Waals surface area contributed by atoms with Crippen LogP contribution in [0.4, 0.5) is 18.9 Å². The first kappa shape index (κ1) is 12.1. The molecule has 1 aliphatic heterocycles. The van der Waals surface area contributed by atoms with Crippen LogP contribution in [0, 0.1) is 0 Å². The molecule has 0 spiro atoms. The van der Waals surface area contributed by atoms with Gasteiger partial charge in [0.15, 0.2) is 0 Å². The molecule has 0 radical (unpaired) electrons. The molecule has 0 saturated carbocycles. The summed E-state index contributed by atoms with van der Waals surface area (Å²) in [5, 5.41) is 0.0491. The van der Waals surface area contributed by atoms with Crippen LogP contribution in [0.2, 0.25) is 0 Å². The molecule has 8 heteroatoms. The number of hydrogen-bond donors (Lipinski definition) is 0. The lowest BCUT2D eigenvalue weighted by atomic mass is 10.1. The Morgan fingerprint density at radius 1 is 1.17 bits per heavy atom. The molecule has 0 saturated heterocycles. The van der Waals surface area contributed by atoms with Gasteiger partial charge in [-0.05, 0) is 12.1 Å². The highest BCUT2D eigenvalue weighted by Gasteiger charge is 2.46. The van der Waals surface area contributed by atoms with Gasteiger partial charge in [-0.15, -0.1) is 5.06 Å². The number of benzene rings is 1. The first-order chi connectivity index (χ1) is 8.32. The van der Waals surface area contributed by atoms with Gasteiger partial charge in [-0.2, -0.15) is 13.2 Å². The number of nitrogens with zero attached hydrogens (tertiary/aromatic N) is 1. The standard InChI is InChI=1S/C10H4F3NO4/c11-10(12,13)9(17)18-14-6-4-2-1-3-5(6)7(15)8(14)16/h1-4H. The molecule has 0 aliphatic carbocycles. The maximum absolute atomic E-state index is 12.0. The Kier molecular flexibility index (Phi) is 2.57. The molecule has 1 amide bonds. The lowest BCUT2D eigenvalue weighted by Gasteiger charge is -2.15. The summed E-state index contributed by atoms with van der Waals surface area (Å²) in [5.74, 6) is -4.94. The van der Waals surface area contributed by atoms with E-state index in [2.05, 4.69) is 4.84 Å². The summed E-state index contributed by atoms with van der Waals surface area (Å²) in [7, 11) is 0. The van der Waals surface area contributed by atoms with E-state index in [9.17, 15) is 27.6 Å². The van der Waals surface area contributed by atoms with Gasteiger partial charge < -0.3 is 4.84 Å². The summed E-state index contributed by atoms with van der Waals surface area (Å²) < 4.78 is 36.0. The number of Topliss-reactive ketones (excluding diaryl/α,β-unsaturated/α-hetero) is 1. The molecular weight excluding hydrogens is 255 g/mol. The average molecular weight is 259 g/mol. The molecule has 1 aromatic carbocycles. The Hall–Kier alpha value is -2.38. The van der Waals surface area contributed by atoms with Crippen LogP contribution >= 0.6 is 0 Å². The molecular formula is C10H4F3NO4. The highest BCUT2D eigenvalue weighted by atomic mass is 19.4. The minimum atomic E-state index is -5.25. The van der Waals surface area contributed by atoms with Gasteiger partial charge in [0.2, 0.25) is 0 Å². The number of fused-ring (bicyclic) bond motifs is 1. The van der Waals surface area contributed by atoms with Crippen molar-refractivity contribution < 1.29 is 32.4 Å². The molecule has 0 N–H and O–H groups in total. The first-order valence-electron chi connectivity index (χ1n) is 4.59. The summed E-state index contributed by atoms with van der Waals surface area (Å²) in [5.41, 5.74) is -0.303. The number of alkyl halides is 3. The molecule has 1 heterocycles. The maximum atomic E-state index is 12.0. The van der Waals surface area contributed by atoms with Crippen molar-refractivity contribution in [1.29, 1.82) is 0 Å². The van der Waals surface area contributed by atoms with E-state index >= 15 is 0 Å². The van der Waals surface area contributed by atoms with E-state index in [0.717, 1.165) is 0 Å². The summed E-state index contributed by atoms with van der Waals surface area (Å²) in [6, 6.07) is 5.26. The minimum absolute atomic E-state index is 0.0491. The number of amides is 1. The first-order valence-corrected chi connectivity index (χ1v) is 4.59. The number of rotatable bonds is 1. The second kappa shape index (κ2) is 3.83. The molecule has 1 aliphatic rings. The number of hydroxylamine groups is 1. The summed E-state index contributed by atoms with van der Waals surface area (Å²) in [6.45, 7) is 0. The van der Waals surface area contributed by atoms with Crippen molar-refractivity contribution in [3.05, 3.63) is 29.8 Å². The number of carbonyl (C=O) groups is 3. The smallest absolute Gasteiger partial charge is 0.324 e. The topological polar surface area (TPSA) is 63.7 Å². The van der Waals surface area contributed by atoms with Gasteiger partial charge in [0.1, 0.15) is 0 Å². The van der Waals surface area contributed by atoms with Crippen molar-refractivity contribution in [3.8, 4) is 0 Å². The van der Waals surface area contributed by atoms with Crippen LogP contribution in [0.15, 0.2) is 24.3 Å². The molecule has 0 aromatic heterocycles. The van der Waals surface area contributed by atoms with E-state index in [0.29, 0.717) is 0 Å². The molecule has 18 heavy (non-hydrogen) atoms. The van der Waals surface area contributed by atoms with Crippen LogP contribution in [0.3, 0.4) is 0 Å². The molecule has 1 aromatic rings. The van der Waals surface area contributed by atoms with Gasteiger partial charge in [-0.25, -0.2) is 4.79 Å². The number of hydrogen-bond acceptors (Lipinski definition) is 4. The Morgan fingerprint density at radius 3 is 2.39 bits per heavy atom. The Bertz CT molecular complexity index is 552. The van der Waals surface area contributed by atoms with Crippen LogP contribution in [-0.2, 0) is 14.4 Å². The second-order valence-electron chi connectivity index (χ2n) is 3.32. The van der Waals surface area contributed by atoms with Crippen molar-refractivity contribution in [2.24, 2.45) is 0 Å². The maximum Gasteiger partial charge on any atom is 0.493 e. The van der Waals surface area contributed by atoms with E-state index < -0.39 is 23.8 Å². The van der Waals surface area contributed by atoms with E-state index in [1.54, 1.807) is 0 Å². The molecule has 5 nitrogen and oxygen atoms in total. The van der Waals surface area contributed by atoms with Crippen LogP contribution < -0.4 is 5.06 Å². The molecule has 94 valence electrons. The predicted octanol–water partition coefficient (Wildman–Crippen LogP) is 1.24. The monoisotopic (exact) mass is 259 g/mol. The van der Waals surface area contributed by atoms with Gasteiger partial charge in [-0.1, -0.05) is 12.1 Å². The molecule has 0 fully saturated rings. The molecule has 0 bridgehead atoms. The fraction of sp³-hybridized carbons (Fsp3) is 0.100. The SMILES string of the molecule is O=C1C(=O)N(OC(=O)C(F)(F)F)c2ccccc21. The number of para-hydroxylation sites is 1. The van der Waals surface area contributed by atoms with Gasteiger partial charge in [0.25, 0.3) is 5.78 Å². The zero-order valence-corrected chi connectivity index (χ0v) is 8.52. The fourth-order valence-corrected chi connectivity index (χ4v) is 1.38. The number of anilines is 1. The summed E-state index contributed by atoms with van der Waals surface area (Å²) in [4.78, 5) is 37.2. The van der Waals surface area contributed by atoms with Crippen molar-refractivity contribution in [1.82, 2.24) is 0 Å². The largest absolute Gasteiger partial charge is 0.493 e. The van der Waals surface area contributed by atoms with Crippen LogP contribution in [-0.4, -0.2) is 23.8 Å². The lowest BCUT2D eigenvalue weighted by Crippen LogP contribution is -2.37. The lowest BCUT2D eigenvalue weighted by molar-refractivity contribution is -0.201. The van der Waals surface area contributed by atoms with Crippen molar-refractivity contribution in [3.63, 3.8) is 0 Å². The summed E-state index contributed by atoms with van der Waals surface area (Å²) in [6.07, 6.45) is -5.25. The molecule has 0 atom stereocenters. The van der Waals surface area contributed by atoms with E-state index in [1.807, 2.05) is 0 Å². The third-order valence-corrected chi connectivity index (χ3v) is 2.15. The zero-order valence-electron chi connectivity index (χ0n) is 8.52. The third kappa shape index (κ3) is 1.81. The van der Waals surface area contributed by atoms with Gasteiger partial charge in [-0.3, -0.25) is 9.59 Å². The number of halogens is 3. The summed E-state index contributed by atoms with van der Waals surface area (Å²) >= 11 is 0. The zero-order chi connectivity index (χ0) is 13.5.